The summed E-state index contributed by atoms with van der Waals surface area (Å²) in [6, 6.07) is 9.82. The summed E-state index contributed by atoms with van der Waals surface area (Å²) in [5.41, 5.74) is 0.997. The van der Waals surface area contributed by atoms with Gasteiger partial charge < -0.3 is 5.11 Å². The second-order valence-electron chi connectivity index (χ2n) is 2.90. The molecule has 0 radical (unpaired) electrons. The quantitative estimate of drug-likeness (QED) is 0.691. The van der Waals surface area contributed by atoms with Crippen LogP contribution in [0, 0.1) is 23.7 Å². The van der Waals surface area contributed by atoms with Gasteiger partial charge in [0.15, 0.2) is 0 Å². The number of carboxylic acid groups (broad SMARTS) is 1. The molecule has 1 aromatic rings. The van der Waals surface area contributed by atoms with Crippen molar-refractivity contribution in [1.29, 1.82) is 0 Å². The molecule has 1 N–H and O–H groups in total. The second-order valence-corrected chi connectivity index (χ2v) is 2.90. The minimum absolute atomic E-state index is 0.833. The normalized spacial score (nSPS) is 7.88. The van der Waals surface area contributed by atoms with Gasteiger partial charge in [0, 0.05) is 12.5 Å². The van der Waals surface area contributed by atoms with Crippen molar-refractivity contribution >= 4 is 5.97 Å². The molecule has 17 heavy (non-hydrogen) atoms. The highest BCUT2D eigenvalue weighted by molar-refractivity contribution is 5.62. The maximum Gasteiger partial charge on any atom is 0.300 e. The first-order chi connectivity index (χ1) is 8.16. The van der Waals surface area contributed by atoms with Gasteiger partial charge in [-0.3, -0.25) is 4.79 Å². The van der Waals surface area contributed by atoms with Crippen LogP contribution in [0.2, 0.25) is 0 Å². The van der Waals surface area contributed by atoms with Crippen LogP contribution < -0.4 is 0 Å². The smallest absolute Gasteiger partial charge is 0.300 e. The average molecular weight is 226 g/mol. The van der Waals surface area contributed by atoms with E-state index in [9.17, 15) is 0 Å². The van der Waals surface area contributed by atoms with Crippen LogP contribution in [0.25, 0.3) is 0 Å². The van der Waals surface area contributed by atoms with Gasteiger partial charge in [-0.1, -0.05) is 36.1 Å². The van der Waals surface area contributed by atoms with Crippen LogP contribution in [-0.2, 0) is 4.79 Å². The highest BCUT2D eigenvalue weighted by atomic mass is 16.4. The van der Waals surface area contributed by atoms with Crippen LogP contribution in [0.15, 0.2) is 42.5 Å². The zero-order chi connectivity index (χ0) is 12.9. The third-order valence-electron chi connectivity index (χ3n) is 1.37. The molecule has 0 aromatic heterocycles. The highest BCUT2D eigenvalue weighted by Gasteiger charge is 1.78. The lowest BCUT2D eigenvalue weighted by Crippen LogP contribution is -1.78. The summed E-state index contributed by atoms with van der Waals surface area (Å²) >= 11 is 0. The van der Waals surface area contributed by atoms with Crippen LogP contribution >= 0.6 is 0 Å². The molecule has 1 aromatic carbocycles. The fourth-order valence-corrected chi connectivity index (χ4v) is 0.786. The maximum atomic E-state index is 9.00. The number of allylic oxidation sites excluding steroid dienone is 2. The predicted molar refractivity (Wildman–Crippen MR) is 69.2 cm³/mol. The van der Waals surface area contributed by atoms with Crippen molar-refractivity contribution in [1.82, 2.24) is 0 Å². The average Bonchev–Trinajstić information content (AvgIpc) is 2.29. The Balaban J connectivity index is 0.000000557. The van der Waals surface area contributed by atoms with E-state index in [1.165, 1.54) is 0 Å². The molecular formula is C15H14O2. The summed E-state index contributed by atoms with van der Waals surface area (Å²) in [5.74, 6) is 10.4. The second kappa shape index (κ2) is 10.1. The molecule has 0 saturated carbocycles. The maximum absolute atomic E-state index is 9.00. The Morgan fingerprint density at radius 3 is 2.35 bits per heavy atom. The van der Waals surface area contributed by atoms with E-state index in [1.54, 1.807) is 6.08 Å². The molecule has 0 fully saturated rings. The van der Waals surface area contributed by atoms with Crippen molar-refractivity contribution in [3.63, 3.8) is 0 Å². The predicted octanol–water partition coefficient (Wildman–Crippen LogP) is 2.71. The third-order valence-corrected chi connectivity index (χ3v) is 1.37. The molecule has 0 aliphatic carbocycles. The van der Waals surface area contributed by atoms with Crippen molar-refractivity contribution in [2.45, 2.75) is 13.8 Å². The molecular weight excluding hydrogens is 212 g/mol. The Morgan fingerprint density at radius 1 is 1.24 bits per heavy atom. The minimum atomic E-state index is -0.833. The number of carbonyl (C=O) groups is 1. The van der Waals surface area contributed by atoms with E-state index in [1.807, 2.05) is 43.3 Å². The van der Waals surface area contributed by atoms with Crippen molar-refractivity contribution in [3.8, 4) is 23.7 Å². The van der Waals surface area contributed by atoms with Gasteiger partial charge in [0.25, 0.3) is 5.97 Å². The molecule has 0 aliphatic rings. The first-order valence-electron chi connectivity index (χ1n) is 5.04. The molecule has 1 rings (SSSR count). The fraction of sp³-hybridized carbons (Fsp3) is 0.133. The number of carboxylic acids is 1. The topological polar surface area (TPSA) is 37.3 Å². The molecule has 2 heteroatoms. The fourth-order valence-electron chi connectivity index (χ4n) is 0.786. The van der Waals surface area contributed by atoms with Crippen LogP contribution in [0.4, 0.5) is 0 Å². The summed E-state index contributed by atoms with van der Waals surface area (Å²) in [6.45, 7) is 3.01. The van der Waals surface area contributed by atoms with Crippen molar-refractivity contribution in [3.05, 3.63) is 48.0 Å². The lowest BCUT2D eigenvalue weighted by Gasteiger charge is -1.83. The lowest BCUT2D eigenvalue weighted by molar-refractivity contribution is -0.134. The van der Waals surface area contributed by atoms with E-state index in [2.05, 4.69) is 23.7 Å². The molecule has 0 amide bonds. The molecule has 2 nitrogen and oxygen atoms in total. The Hall–Kier alpha value is -2.45. The number of hydrogen-bond donors (Lipinski definition) is 1. The van der Waals surface area contributed by atoms with E-state index in [0.717, 1.165) is 12.5 Å². The molecule has 0 unspecified atom stereocenters. The van der Waals surface area contributed by atoms with Crippen LogP contribution in [0.1, 0.15) is 19.4 Å². The number of aliphatic carboxylic acids is 1. The van der Waals surface area contributed by atoms with Gasteiger partial charge in [-0.05, 0) is 37.0 Å². The van der Waals surface area contributed by atoms with Gasteiger partial charge in [-0.15, -0.1) is 0 Å². The van der Waals surface area contributed by atoms with Gasteiger partial charge in [-0.25, -0.2) is 0 Å². The summed E-state index contributed by atoms with van der Waals surface area (Å²) in [5, 5.41) is 7.42. The largest absolute Gasteiger partial charge is 0.481 e. The van der Waals surface area contributed by atoms with E-state index < -0.39 is 5.97 Å². The van der Waals surface area contributed by atoms with Gasteiger partial charge >= 0.3 is 0 Å². The molecule has 0 aliphatic heterocycles. The van der Waals surface area contributed by atoms with Crippen molar-refractivity contribution < 1.29 is 9.90 Å². The lowest BCUT2D eigenvalue weighted by atomic mass is 10.2. The number of rotatable bonds is 0. The van der Waals surface area contributed by atoms with Crippen LogP contribution in [0.5, 0.6) is 0 Å². The van der Waals surface area contributed by atoms with Crippen molar-refractivity contribution in [2.24, 2.45) is 0 Å². The zero-order valence-corrected chi connectivity index (χ0v) is 9.90. The van der Waals surface area contributed by atoms with Gasteiger partial charge in [0.05, 0.1) is 0 Å². The van der Waals surface area contributed by atoms with E-state index in [4.69, 9.17) is 9.90 Å². The zero-order valence-electron chi connectivity index (χ0n) is 9.90. The first kappa shape index (κ1) is 14.6. The number of hydrogen-bond acceptors (Lipinski definition) is 1. The Morgan fingerprint density at radius 2 is 1.82 bits per heavy atom. The van der Waals surface area contributed by atoms with Crippen LogP contribution in [-0.4, -0.2) is 11.1 Å². The summed E-state index contributed by atoms with van der Waals surface area (Å²) < 4.78 is 0. The minimum Gasteiger partial charge on any atom is -0.481 e. The molecule has 0 heterocycles. The summed E-state index contributed by atoms with van der Waals surface area (Å²) in [4.78, 5) is 9.00. The Kier molecular flexibility index (Phi) is 8.63. The van der Waals surface area contributed by atoms with E-state index >= 15 is 0 Å². The Labute approximate surface area is 102 Å². The SMILES string of the molecule is CC(=O)O.CC=CC#CC#Cc1ccccc1. The summed E-state index contributed by atoms with van der Waals surface area (Å²) in [6.07, 6.45) is 3.66. The first-order valence-corrected chi connectivity index (χ1v) is 5.04. The molecule has 86 valence electrons. The standard InChI is InChI=1S/C13H10.C2H4O2/c1-2-3-4-5-7-10-13-11-8-6-9-12-13;1-2(3)4/h2-3,6,8-9,11-12H,1H3;1H3,(H,3,4). The molecule has 0 saturated heterocycles. The highest BCUT2D eigenvalue weighted by Crippen LogP contribution is 1.93. The van der Waals surface area contributed by atoms with Gasteiger partial charge in [0.1, 0.15) is 0 Å². The monoisotopic (exact) mass is 226 g/mol. The molecule has 0 atom stereocenters. The van der Waals surface area contributed by atoms with Gasteiger partial charge in [-0.2, -0.15) is 0 Å². The summed E-state index contributed by atoms with van der Waals surface area (Å²) in [7, 11) is 0. The van der Waals surface area contributed by atoms with Crippen molar-refractivity contribution in [2.75, 3.05) is 0 Å². The van der Waals surface area contributed by atoms with Crippen LogP contribution in [0.3, 0.4) is 0 Å². The third kappa shape index (κ3) is 11.5. The van der Waals surface area contributed by atoms with E-state index in [0.29, 0.717) is 0 Å². The van der Waals surface area contributed by atoms with E-state index in [-0.39, 0.29) is 0 Å². The Bertz CT molecular complexity index is 472. The number of benzene rings is 1. The molecule has 0 spiro atoms. The van der Waals surface area contributed by atoms with Gasteiger partial charge in [0.2, 0.25) is 0 Å². The molecule has 0 bridgehead atoms.